The molecule has 5 nitrogen and oxygen atoms in total. The molecule has 126 valence electrons. The Labute approximate surface area is 143 Å². The van der Waals surface area contributed by atoms with Gasteiger partial charge >= 0.3 is 0 Å². The van der Waals surface area contributed by atoms with Crippen molar-refractivity contribution in [2.75, 3.05) is 57.4 Å². The van der Waals surface area contributed by atoms with Crippen LogP contribution < -0.4 is 10.2 Å². The summed E-state index contributed by atoms with van der Waals surface area (Å²) in [5.74, 6) is 0.236. The van der Waals surface area contributed by atoms with E-state index in [1.165, 1.54) is 5.69 Å². The Balaban J connectivity index is 1.34. The number of rotatable bonds is 6. The van der Waals surface area contributed by atoms with Gasteiger partial charge in [-0.1, -0.05) is 17.7 Å². The first kappa shape index (κ1) is 16.6. The Hall–Kier alpha value is -1.30. The lowest BCUT2D eigenvalue weighted by molar-refractivity contribution is -0.126. The van der Waals surface area contributed by atoms with Crippen LogP contribution in [0.25, 0.3) is 0 Å². The summed E-state index contributed by atoms with van der Waals surface area (Å²) in [5.41, 5.74) is 1.22. The molecule has 0 atom stereocenters. The van der Waals surface area contributed by atoms with Gasteiger partial charge in [-0.3, -0.25) is 15.0 Å². The van der Waals surface area contributed by atoms with E-state index in [0.29, 0.717) is 6.54 Å². The van der Waals surface area contributed by atoms with Gasteiger partial charge in [0.15, 0.2) is 0 Å². The zero-order valence-corrected chi connectivity index (χ0v) is 14.3. The molecule has 1 amide bonds. The number of unbranched alkanes of at least 4 members (excludes halogenated alkanes) is 1. The second-order valence-electron chi connectivity index (χ2n) is 6.26. The monoisotopic (exact) mass is 336 g/mol. The minimum Gasteiger partial charge on any atom is -0.369 e. The van der Waals surface area contributed by atoms with E-state index in [0.717, 1.165) is 63.8 Å². The van der Waals surface area contributed by atoms with Gasteiger partial charge in [-0.15, -0.1) is 0 Å². The van der Waals surface area contributed by atoms with E-state index in [-0.39, 0.29) is 5.91 Å². The third-order valence-corrected chi connectivity index (χ3v) is 4.86. The molecule has 1 N–H and O–H groups in total. The Morgan fingerprint density at radius 1 is 1.09 bits per heavy atom. The van der Waals surface area contributed by atoms with Gasteiger partial charge in [0.05, 0.1) is 13.2 Å². The van der Waals surface area contributed by atoms with Crippen LogP contribution in [0.5, 0.6) is 0 Å². The molecule has 1 aromatic carbocycles. The molecule has 0 saturated carbocycles. The molecule has 0 unspecified atom stereocenters. The van der Waals surface area contributed by atoms with Crippen LogP contribution in [0, 0.1) is 0 Å². The van der Waals surface area contributed by atoms with Crippen LogP contribution in [0.3, 0.4) is 0 Å². The van der Waals surface area contributed by atoms with E-state index in [9.17, 15) is 4.79 Å². The summed E-state index contributed by atoms with van der Waals surface area (Å²) < 4.78 is 0. The van der Waals surface area contributed by atoms with Gasteiger partial charge in [-0.25, -0.2) is 0 Å². The normalized spacial score (nSPS) is 19.6. The van der Waals surface area contributed by atoms with Crippen LogP contribution in [0.4, 0.5) is 5.69 Å². The van der Waals surface area contributed by atoms with Gasteiger partial charge in [0, 0.05) is 43.4 Å². The van der Waals surface area contributed by atoms with Gasteiger partial charge in [0.25, 0.3) is 0 Å². The molecule has 0 spiro atoms. The fraction of sp³-hybridized carbons (Fsp3) is 0.588. The zero-order valence-electron chi connectivity index (χ0n) is 13.5. The van der Waals surface area contributed by atoms with E-state index in [1.807, 2.05) is 23.1 Å². The Bertz CT molecular complexity index is 531. The number of amides is 1. The number of carbonyl (C=O) groups is 1. The second-order valence-corrected chi connectivity index (χ2v) is 6.69. The van der Waals surface area contributed by atoms with Crippen LogP contribution in [0.2, 0.25) is 5.02 Å². The lowest BCUT2D eigenvalue weighted by atomic mass is 10.2. The predicted molar refractivity (Wildman–Crippen MR) is 93.9 cm³/mol. The highest BCUT2D eigenvalue weighted by Crippen LogP contribution is 2.20. The second kappa shape index (κ2) is 7.99. The summed E-state index contributed by atoms with van der Waals surface area (Å²) in [6, 6.07) is 8.10. The number of carbonyl (C=O) groups excluding carboxylic acids is 1. The average molecular weight is 337 g/mol. The molecule has 0 aliphatic carbocycles. The number of nitrogens with one attached hydrogen (secondary N) is 1. The smallest absolute Gasteiger partial charge is 0.237 e. The maximum atomic E-state index is 11.5. The molecule has 2 aliphatic heterocycles. The minimum absolute atomic E-state index is 0.236. The van der Waals surface area contributed by atoms with E-state index >= 15 is 0 Å². The summed E-state index contributed by atoms with van der Waals surface area (Å²) in [5, 5.41) is 3.89. The zero-order chi connectivity index (χ0) is 16.1. The number of halogens is 1. The molecular weight excluding hydrogens is 312 g/mol. The molecular formula is C17H25ClN4O. The molecule has 0 bridgehead atoms. The van der Waals surface area contributed by atoms with Crippen molar-refractivity contribution in [2.24, 2.45) is 0 Å². The first-order chi connectivity index (χ1) is 11.2. The molecule has 23 heavy (non-hydrogen) atoms. The molecule has 0 radical (unpaired) electrons. The fourth-order valence-electron chi connectivity index (χ4n) is 3.24. The molecule has 2 heterocycles. The molecule has 0 aromatic heterocycles. The highest BCUT2D eigenvalue weighted by Gasteiger charge is 2.19. The Kier molecular flexibility index (Phi) is 5.75. The molecule has 2 fully saturated rings. The Morgan fingerprint density at radius 3 is 2.57 bits per heavy atom. The first-order valence-corrected chi connectivity index (χ1v) is 8.81. The van der Waals surface area contributed by atoms with Crippen LogP contribution in [-0.2, 0) is 4.79 Å². The molecule has 2 saturated heterocycles. The fourth-order valence-corrected chi connectivity index (χ4v) is 3.43. The van der Waals surface area contributed by atoms with Crippen molar-refractivity contribution in [3.8, 4) is 0 Å². The summed E-state index contributed by atoms with van der Waals surface area (Å²) in [7, 11) is 0. The number of benzene rings is 1. The molecule has 3 rings (SSSR count). The topological polar surface area (TPSA) is 38.8 Å². The lowest BCUT2D eigenvalue weighted by Crippen LogP contribution is -2.46. The van der Waals surface area contributed by atoms with Crippen LogP contribution >= 0.6 is 11.6 Å². The van der Waals surface area contributed by atoms with Gasteiger partial charge in [-0.2, -0.15) is 0 Å². The number of hydrogen-bond donors (Lipinski definition) is 1. The van der Waals surface area contributed by atoms with Crippen molar-refractivity contribution >= 4 is 23.2 Å². The maximum absolute atomic E-state index is 11.5. The number of piperazine rings is 1. The van der Waals surface area contributed by atoms with Crippen molar-refractivity contribution in [3.63, 3.8) is 0 Å². The number of hydrogen-bond acceptors (Lipinski definition) is 4. The van der Waals surface area contributed by atoms with Gasteiger partial charge in [0.1, 0.15) is 0 Å². The largest absolute Gasteiger partial charge is 0.369 e. The van der Waals surface area contributed by atoms with E-state index in [2.05, 4.69) is 21.2 Å². The summed E-state index contributed by atoms with van der Waals surface area (Å²) in [6.45, 7) is 7.52. The van der Waals surface area contributed by atoms with Crippen molar-refractivity contribution in [1.82, 2.24) is 15.1 Å². The third-order valence-electron chi connectivity index (χ3n) is 4.63. The van der Waals surface area contributed by atoms with Gasteiger partial charge in [-0.05, 0) is 37.6 Å². The van der Waals surface area contributed by atoms with E-state index in [1.54, 1.807) is 0 Å². The van der Waals surface area contributed by atoms with E-state index < -0.39 is 0 Å². The highest BCUT2D eigenvalue weighted by molar-refractivity contribution is 6.30. The lowest BCUT2D eigenvalue weighted by Gasteiger charge is -2.36. The summed E-state index contributed by atoms with van der Waals surface area (Å²) >= 11 is 6.07. The summed E-state index contributed by atoms with van der Waals surface area (Å²) in [6.07, 6.45) is 2.24. The maximum Gasteiger partial charge on any atom is 0.237 e. The number of anilines is 1. The standard InChI is InChI=1S/C17H25ClN4O/c18-15-4-3-5-16(12-15)21-10-8-20(9-11-21)6-1-2-7-22-14-19-13-17(22)23/h3-5,12,19H,1-2,6-11,13-14H2. The van der Waals surface area contributed by atoms with Crippen molar-refractivity contribution in [1.29, 1.82) is 0 Å². The van der Waals surface area contributed by atoms with Crippen LogP contribution in [0.15, 0.2) is 24.3 Å². The van der Waals surface area contributed by atoms with Gasteiger partial charge < -0.3 is 9.80 Å². The molecule has 2 aliphatic rings. The first-order valence-electron chi connectivity index (χ1n) is 8.44. The van der Waals surface area contributed by atoms with Crippen LogP contribution in [0.1, 0.15) is 12.8 Å². The minimum atomic E-state index is 0.236. The quantitative estimate of drug-likeness (QED) is 0.801. The van der Waals surface area contributed by atoms with Crippen molar-refractivity contribution < 1.29 is 4.79 Å². The number of nitrogens with zero attached hydrogens (tertiary/aromatic N) is 3. The third kappa shape index (κ3) is 4.59. The van der Waals surface area contributed by atoms with E-state index in [4.69, 9.17) is 11.6 Å². The predicted octanol–water partition coefficient (Wildman–Crippen LogP) is 1.63. The molecule has 1 aromatic rings. The van der Waals surface area contributed by atoms with Crippen molar-refractivity contribution in [3.05, 3.63) is 29.3 Å². The molecule has 6 heteroatoms. The SMILES string of the molecule is O=C1CNCN1CCCCN1CCN(c2cccc(Cl)c2)CC1. The van der Waals surface area contributed by atoms with Gasteiger partial charge in [0.2, 0.25) is 5.91 Å². The highest BCUT2D eigenvalue weighted by atomic mass is 35.5. The Morgan fingerprint density at radius 2 is 1.87 bits per heavy atom. The van der Waals surface area contributed by atoms with Crippen molar-refractivity contribution in [2.45, 2.75) is 12.8 Å². The van der Waals surface area contributed by atoms with Crippen LogP contribution in [-0.4, -0.2) is 68.2 Å². The average Bonchev–Trinajstić information content (AvgIpc) is 2.97. The summed E-state index contributed by atoms with van der Waals surface area (Å²) in [4.78, 5) is 18.3.